The van der Waals surface area contributed by atoms with E-state index in [2.05, 4.69) is 0 Å². The molecule has 2 rings (SSSR count). The molecule has 0 saturated heterocycles. The summed E-state index contributed by atoms with van der Waals surface area (Å²) in [6.45, 7) is 3.61. The van der Waals surface area contributed by atoms with Crippen molar-refractivity contribution in [2.45, 2.75) is 51.6 Å². The third-order valence-electron chi connectivity index (χ3n) is 5.91. The third-order valence-corrected chi connectivity index (χ3v) is 5.91. The van der Waals surface area contributed by atoms with Crippen LogP contribution in [-0.4, -0.2) is 23.1 Å². The van der Waals surface area contributed by atoms with Crippen molar-refractivity contribution < 1.29 is 31.4 Å². The molecule has 0 aromatic rings. The average Bonchev–Trinajstić information content (AvgIpc) is 2.75. The van der Waals surface area contributed by atoms with Gasteiger partial charge in [-0.2, -0.15) is 26.3 Å². The molecular formula is C13H18F6O. The lowest BCUT2D eigenvalue weighted by Gasteiger charge is -2.52. The van der Waals surface area contributed by atoms with Crippen molar-refractivity contribution in [3.63, 3.8) is 0 Å². The summed E-state index contributed by atoms with van der Waals surface area (Å²) in [4.78, 5) is 0. The largest absolute Gasteiger partial charge is 0.417 e. The Hall–Kier alpha value is -0.460. The number of halogens is 6. The van der Waals surface area contributed by atoms with Crippen molar-refractivity contribution in [2.24, 2.45) is 29.1 Å². The number of rotatable bonds is 1. The van der Waals surface area contributed by atoms with Crippen LogP contribution < -0.4 is 0 Å². The summed E-state index contributed by atoms with van der Waals surface area (Å²) in [5.41, 5.74) is -6.85. The van der Waals surface area contributed by atoms with E-state index >= 15 is 0 Å². The van der Waals surface area contributed by atoms with Gasteiger partial charge in [0, 0.05) is 0 Å². The fourth-order valence-electron chi connectivity index (χ4n) is 4.45. The lowest BCUT2D eigenvalue weighted by molar-refractivity contribution is -0.375. The normalized spacial score (nSPS) is 44.7. The number of aliphatic hydroxyl groups is 1. The molecule has 2 bridgehead atoms. The van der Waals surface area contributed by atoms with Gasteiger partial charge in [0.05, 0.1) is 0 Å². The lowest BCUT2D eigenvalue weighted by atomic mass is 9.57. The van der Waals surface area contributed by atoms with E-state index in [-0.39, 0.29) is 19.3 Å². The fourth-order valence-corrected chi connectivity index (χ4v) is 4.45. The lowest BCUT2D eigenvalue weighted by Crippen LogP contribution is -2.66. The zero-order chi connectivity index (χ0) is 15.7. The molecule has 6 atom stereocenters. The highest BCUT2D eigenvalue weighted by Crippen LogP contribution is 2.71. The fraction of sp³-hybridized carbons (Fsp3) is 1.00. The number of hydrogen-bond acceptors (Lipinski definition) is 1. The van der Waals surface area contributed by atoms with E-state index in [0.29, 0.717) is 0 Å². The third kappa shape index (κ3) is 1.67. The molecule has 1 nitrogen and oxygen atoms in total. The van der Waals surface area contributed by atoms with Gasteiger partial charge in [0.15, 0.2) is 5.60 Å². The molecule has 2 aliphatic rings. The second kappa shape index (κ2) is 4.05. The highest BCUT2D eigenvalue weighted by atomic mass is 19.4. The molecule has 2 saturated carbocycles. The highest BCUT2D eigenvalue weighted by molar-refractivity contribution is 5.17. The van der Waals surface area contributed by atoms with Gasteiger partial charge < -0.3 is 5.11 Å². The molecule has 0 aromatic heterocycles. The van der Waals surface area contributed by atoms with E-state index in [1.165, 1.54) is 0 Å². The van der Waals surface area contributed by atoms with Crippen LogP contribution in [0.25, 0.3) is 0 Å². The Morgan fingerprint density at radius 1 is 1.00 bits per heavy atom. The van der Waals surface area contributed by atoms with Crippen molar-refractivity contribution in [2.75, 3.05) is 0 Å². The second-order valence-corrected chi connectivity index (χ2v) is 6.56. The summed E-state index contributed by atoms with van der Waals surface area (Å²) < 4.78 is 79.8. The number of alkyl halides is 6. The van der Waals surface area contributed by atoms with E-state index in [1.54, 1.807) is 13.8 Å². The van der Waals surface area contributed by atoms with E-state index in [0.717, 1.165) is 0 Å². The van der Waals surface area contributed by atoms with Crippen molar-refractivity contribution in [3.8, 4) is 0 Å². The Morgan fingerprint density at radius 3 is 1.80 bits per heavy atom. The second-order valence-electron chi connectivity index (χ2n) is 6.56. The van der Waals surface area contributed by atoms with Crippen LogP contribution in [0.5, 0.6) is 0 Å². The summed E-state index contributed by atoms with van der Waals surface area (Å²) >= 11 is 0. The van der Waals surface area contributed by atoms with Gasteiger partial charge >= 0.3 is 12.4 Å². The topological polar surface area (TPSA) is 20.2 Å². The Kier molecular flexibility index (Phi) is 3.22. The van der Waals surface area contributed by atoms with E-state index < -0.39 is 47.5 Å². The average molecular weight is 304 g/mol. The molecule has 2 aliphatic carbocycles. The maximum Gasteiger partial charge on any atom is 0.417 e. The van der Waals surface area contributed by atoms with Crippen LogP contribution in [-0.2, 0) is 0 Å². The molecule has 0 aliphatic heterocycles. The Balaban J connectivity index is 2.57. The molecule has 1 N–H and O–H groups in total. The van der Waals surface area contributed by atoms with Crippen LogP contribution in [0.15, 0.2) is 0 Å². The Bertz CT molecular complexity index is 397. The van der Waals surface area contributed by atoms with Gasteiger partial charge in [-0.3, -0.25) is 0 Å². The number of hydrogen-bond donors (Lipinski definition) is 1. The summed E-state index contributed by atoms with van der Waals surface area (Å²) in [6.07, 6.45) is -10.9. The predicted molar refractivity (Wildman–Crippen MR) is 59.7 cm³/mol. The molecule has 0 amide bonds. The molecule has 118 valence electrons. The quantitative estimate of drug-likeness (QED) is 0.721. The van der Waals surface area contributed by atoms with Gasteiger partial charge in [-0.25, -0.2) is 0 Å². The summed E-state index contributed by atoms with van der Waals surface area (Å²) in [5, 5.41) is 9.82. The van der Waals surface area contributed by atoms with Crippen LogP contribution in [0, 0.1) is 29.1 Å². The van der Waals surface area contributed by atoms with Crippen LogP contribution >= 0.6 is 0 Å². The highest BCUT2D eigenvalue weighted by Gasteiger charge is 2.80. The molecule has 20 heavy (non-hydrogen) atoms. The molecule has 0 spiro atoms. The Morgan fingerprint density at radius 2 is 1.50 bits per heavy atom. The zero-order valence-corrected chi connectivity index (χ0v) is 11.4. The van der Waals surface area contributed by atoms with Crippen molar-refractivity contribution in [3.05, 3.63) is 0 Å². The minimum atomic E-state index is -5.31. The van der Waals surface area contributed by atoms with Crippen LogP contribution in [0.3, 0.4) is 0 Å². The Labute approximate surface area is 113 Å². The first-order valence-corrected chi connectivity index (χ1v) is 6.63. The van der Waals surface area contributed by atoms with Gasteiger partial charge in [-0.15, -0.1) is 0 Å². The first-order chi connectivity index (χ1) is 8.77. The van der Waals surface area contributed by atoms with Crippen molar-refractivity contribution in [1.82, 2.24) is 0 Å². The van der Waals surface area contributed by atoms with Gasteiger partial charge in [-0.1, -0.05) is 13.8 Å². The number of fused-ring (bicyclic) bond motifs is 2. The van der Waals surface area contributed by atoms with Gasteiger partial charge in [0.2, 0.25) is 0 Å². The zero-order valence-electron chi connectivity index (χ0n) is 11.4. The molecule has 0 heterocycles. The first-order valence-electron chi connectivity index (χ1n) is 6.63. The van der Waals surface area contributed by atoms with E-state index in [4.69, 9.17) is 0 Å². The summed E-state index contributed by atoms with van der Waals surface area (Å²) in [6, 6.07) is 0. The minimum absolute atomic E-state index is 0.0421. The summed E-state index contributed by atoms with van der Waals surface area (Å²) in [7, 11) is 0. The molecule has 0 radical (unpaired) electrons. The van der Waals surface area contributed by atoms with Crippen LogP contribution in [0.1, 0.15) is 33.6 Å². The van der Waals surface area contributed by atoms with Crippen LogP contribution in [0.4, 0.5) is 26.3 Å². The maximum atomic E-state index is 13.5. The van der Waals surface area contributed by atoms with Crippen molar-refractivity contribution >= 4 is 0 Å². The SMILES string of the molecule is CC1C2CC(C1C)C(C(F)(F)F)(C(C)(O)C(F)(F)F)C2. The minimum Gasteiger partial charge on any atom is -0.380 e. The van der Waals surface area contributed by atoms with Gasteiger partial charge in [-0.05, 0) is 43.4 Å². The predicted octanol–water partition coefficient (Wildman–Crippen LogP) is 4.16. The first kappa shape index (κ1) is 15.9. The van der Waals surface area contributed by atoms with E-state index in [9.17, 15) is 31.4 Å². The summed E-state index contributed by atoms with van der Waals surface area (Å²) in [5.74, 6) is -2.12. The van der Waals surface area contributed by atoms with Gasteiger partial charge in [0.25, 0.3) is 0 Å². The molecular weight excluding hydrogens is 286 g/mol. The van der Waals surface area contributed by atoms with Crippen molar-refractivity contribution in [1.29, 1.82) is 0 Å². The standard InChI is InChI=1S/C13H18F6O/c1-6-7(2)9-4-8(6)5-11(9,13(17,18)19)10(3,20)12(14,15)16/h6-9,20H,4-5H2,1-3H3. The smallest absolute Gasteiger partial charge is 0.380 e. The van der Waals surface area contributed by atoms with Gasteiger partial charge in [0.1, 0.15) is 5.41 Å². The maximum absolute atomic E-state index is 13.5. The molecule has 6 unspecified atom stereocenters. The molecule has 0 aromatic carbocycles. The molecule has 7 heteroatoms. The van der Waals surface area contributed by atoms with E-state index in [1.807, 2.05) is 0 Å². The van der Waals surface area contributed by atoms with Crippen LogP contribution in [0.2, 0.25) is 0 Å². The monoisotopic (exact) mass is 304 g/mol. The molecule has 2 fully saturated rings.